The molecule has 0 fully saturated rings. The number of nitrogens with zero attached hydrogens (tertiary/aromatic N) is 2. The van der Waals surface area contributed by atoms with Gasteiger partial charge in [0.2, 0.25) is 0 Å². The van der Waals surface area contributed by atoms with Crippen molar-refractivity contribution in [3.8, 4) is 0 Å². The van der Waals surface area contributed by atoms with Crippen LogP contribution in [-0.4, -0.2) is 22.0 Å². The summed E-state index contributed by atoms with van der Waals surface area (Å²) in [7, 11) is 0. The van der Waals surface area contributed by atoms with Gasteiger partial charge >= 0.3 is 0 Å². The second kappa shape index (κ2) is 9.70. The van der Waals surface area contributed by atoms with E-state index in [4.69, 9.17) is 4.98 Å². The Morgan fingerprint density at radius 2 is 1.96 bits per heavy atom. The Hall–Kier alpha value is -2.14. The van der Waals surface area contributed by atoms with Crippen LogP contribution in [0.3, 0.4) is 0 Å². The number of carbonyl (C=O) groups excluding carboxylic acids is 1. The number of aryl methyl sites for hydroxylation is 2. The normalized spacial score (nSPS) is 11.0. The standard InChI is InChI=1S/C22H26BrN3O/c1-2-3-6-15-26-20-12-5-4-11-19(20)25-21(26)13-8-14-24-22(27)17-9-7-10-18(23)16-17/h4-5,7,9-12,16H,2-3,6,8,13-15H2,1H3,(H,24,27). The van der Waals surface area contributed by atoms with Crippen LogP contribution in [0.1, 0.15) is 48.8 Å². The Kier molecular flexibility index (Phi) is 7.04. The van der Waals surface area contributed by atoms with Crippen LogP contribution in [0, 0.1) is 0 Å². The molecule has 0 spiro atoms. The minimum absolute atomic E-state index is 0.0345. The van der Waals surface area contributed by atoms with Gasteiger partial charge in [0.15, 0.2) is 0 Å². The molecule has 0 unspecified atom stereocenters. The predicted octanol–water partition coefficient (Wildman–Crippen LogP) is 5.35. The van der Waals surface area contributed by atoms with Gasteiger partial charge in [-0.2, -0.15) is 0 Å². The third kappa shape index (κ3) is 5.19. The molecular weight excluding hydrogens is 402 g/mol. The first-order chi connectivity index (χ1) is 13.2. The van der Waals surface area contributed by atoms with Crippen LogP contribution in [0.15, 0.2) is 53.0 Å². The maximum Gasteiger partial charge on any atom is 0.251 e. The van der Waals surface area contributed by atoms with E-state index in [0.29, 0.717) is 12.1 Å². The number of para-hydroxylation sites is 2. The van der Waals surface area contributed by atoms with Crippen molar-refractivity contribution < 1.29 is 4.79 Å². The average molecular weight is 428 g/mol. The van der Waals surface area contributed by atoms with Gasteiger partial charge in [0.05, 0.1) is 11.0 Å². The number of carbonyl (C=O) groups is 1. The third-order valence-corrected chi connectivity index (χ3v) is 5.16. The van der Waals surface area contributed by atoms with E-state index in [9.17, 15) is 4.79 Å². The summed E-state index contributed by atoms with van der Waals surface area (Å²) in [5, 5.41) is 3.01. The summed E-state index contributed by atoms with van der Waals surface area (Å²) in [6.07, 6.45) is 5.35. The Morgan fingerprint density at radius 3 is 2.78 bits per heavy atom. The van der Waals surface area contributed by atoms with Crippen LogP contribution in [0.5, 0.6) is 0 Å². The van der Waals surface area contributed by atoms with Crippen LogP contribution in [-0.2, 0) is 13.0 Å². The molecule has 0 aliphatic rings. The molecule has 0 aliphatic heterocycles. The first kappa shape index (κ1) is 19.6. The average Bonchev–Trinajstić information content (AvgIpc) is 3.03. The van der Waals surface area contributed by atoms with Crippen LogP contribution in [0.25, 0.3) is 11.0 Å². The monoisotopic (exact) mass is 427 g/mol. The second-order valence-electron chi connectivity index (χ2n) is 6.75. The largest absolute Gasteiger partial charge is 0.352 e. The molecule has 1 heterocycles. The Labute approximate surface area is 169 Å². The van der Waals surface area contributed by atoms with Gasteiger partial charge in [-0.1, -0.05) is 53.9 Å². The summed E-state index contributed by atoms with van der Waals surface area (Å²) < 4.78 is 3.26. The first-order valence-electron chi connectivity index (χ1n) is 9.67. The zero-order valence-corrected chi connectivity index (χ0v) is 17.3. The van der Waals surface area contributed by atoms with Crippen molar-refractivity contribution in [2.24, 2.45) is 0 Å². The molecule has 3 rings (SSSR count). The minimum atomic E-state index is -0.0345. The Balaban J connectivity index is 1.59. The van der Waals surface area contributed by atoms with Gasteiger partial charge < -0.3 is 9.88 Å². The molecule has 4 nitrogen and oxygen atoms in total. The van der Waals surface area contributed by atoms with Gasteiger partial charge in [-0.15, -0.1) is 0 Å². The quantitative estimate of drug-likeness (QED) is 0.467. The molecular formula is C22H26BrN3O. The van der Waals surface area contributed by atoms with Gasteiger partial charge in [-0.05, 0) is 43.2 Å². The Morgan fingerprint density at radius 1 is 1.11 bits per heavy atom. The van der Waals surface area contributed by atoms with Crippen molar-refractivity contribution in [3.05, 3.63) is 64.4 Å². The van der Waals surface area contributed by atoms with Crippen LogP contribution in [0.4, 0.5) is 0 Å². The highest BCUT2D eigenvalue weighted by Crippen LogP contribution is 2.18. The van der Waals surface area contributed by atoms with Gasteiger partial charge in [0.1, 0.15) is 5.82 Å². The van der Waals surface area contributed by atoms with E-state index >= 15 is 0 Å². The lowest BCUT2D eigenvalue weighted by atomic mass is 10.2. The number of amides is 1. The number of unbranched alkanes of at least 4 members (excludes halogenated alkanes) is 2. The highest BCUT2D eigenvalue weighted by Gasteiger charge is 2.10. The highest BCUT2D eigenvalue weighted by atomic mass is 79.9. The van der Waals surface area contributed by atoms with E-state index in [-0.39, 0.29) is 5.91 Å². The molecule has 1 aromatic heterocycles. The molecule has 5 heteroatoms. The van der Waals surface area contributed by atoms with Gasteiger partial charge in [-0.25, -0.2) is 4.98 Å². The molecule has 142 valence electrons. The SMILES string of the molecule is CCCCCn1c(CCCNC(=O)c2cccc(Br)c2)nc2ccccc21. The molecule has 1 amide bonds. The number of rotatable bonds is 9. The number of halogens is 1. The number of benzene rings is 2. The molecule has 0 atom stereocenters. The Bertz CT molecular complexity index is 903. The van der Waals surface area contributed by atoms with Crippen molar-refractivity contribution in [1.29, 1.82) is 0 Å². The number of hydrogen-bond acceptors (Lipinski definition) is 2. The fraction of sp³-hybridized carbons (Fsp3) is 0.364. The minimum Gasteiger partial charge on any atom is -0.352 e. The van der Waals surface area contributed by atoms with E-state index in [1.54, 1.807) is 0 Å². The predicted molar refractivity (Wildman–Crippen MR) is 114 cm³/mol. The zero-order valence-electron chi connectivity index (χ0n) is 15.7. The van der Waals surface area contributed by atoms with Crippen molar-refractivity contribution in [1.82, 2.24) is 14.9 Å². The summed E-state index contributed by atoms with van der Waals surface area (Å²) in [5.74, 6) is 1.08. The number of fused-ring (bicyclic) bond motifs is 1. The lowest BCUT2D eigenvalue weighted by Gasteiger charge is -2.10. The summed E-state index contributed by atoms with van der Waals surface area (Å²) in [6, 6.07) is 15.8. The summed E-state index contributed by atoms with van der Waals surface area (Å²) in [6.45, 7) is 3.87. The molecule has 27 heavy (non-hydrogen) atoms. The number of nitrogens with one attached hydrogen (secondary N) is 1. The van der Waals surface area contributed by atoms with Gasteiger partial charge in [0.25, 0.3) is 5.91 Å². The van der Waals surface area contributed by atoms with E-state index in [1.165, 1.54) is 24.8 Å². The number of hydrogen-bond donors (Lipinski definition) is 1. The summed E-state index contributed by atoms with van der Waals surface area (Å²) in [5.41, 5.74) is 2.94. The van der Waals surface area contributed by atoms with Crippen molar-refractivity contribution in [2.45, 2.75) is 45.6 Å². The van der Waals surface area contributed by atoms with E-state index < -0.39 is 0 Å². The molecule has 0 aliphatic carbocycles. The maximum atomic E-state index is 12.2. The zero-order chi connectivity index (χ0) is 19.1. The fourth-order valence-electron chi connectivity index (χ4n) is 3.27. The lowest BCUT2D eigenvalue weighted by Crippen LogP contribution is -2.25. The van der Waals surface area contributed by atoms with E-state index in [0.717, 1.165) is 35.2 Å². The smallest absolute Gasteiger partial charge is 0.251 e. The fourth-order valence-corrected chi connectivity index (χ4v) is 3.67. The molecule has 0 radical (unpaired) electrons. The van der Waals surface area contributed by atoms with E-state index in [2.05, 4.69) is 50.9 Å². The number of imidazole rings is 1. The molecule has 0 saturated heterocycles. The molecule has 1 N–H and O–H groups in total. The second-order valence-corrected chi connectivity index (χ2v) is 7.66. The summed E-state index contributed by atoms with van der Waals surface area (Å²) >= 11 is 3.40. The van der Waals surface area contributed by atoms with Crippen LogP contribution < -0.4 is 5.32 Å². The molecule has 2 aromatic carbocycles. The molecule has 0 bridgehead atoms. The first-order valence-corrected chi connectivity index (χ1v) is 10.5. The van der Waals surface area contributed by atoms with Crippen molar-refractivity contribution >= 4 is 32.9 Å². The third-order valence-electron chi connectivity index (χ3n) is 4.67. The van der Waals surface area contributed by atoms with Crippen LogP contribution in [0.2, 0.25) is 0 Å². The van der Waals surface area contributed by atoms with Gasteiger partial charge in [-0.3, -0.25) is 4.79 Å². The molecule has 3 aromatic rings. The summed E-state index contributed by atoms with van der Waals surface area (Å²) in [4.78, 5) is 17.1. The van der Waals surface area contributed by atoms with Crippen LogP contribution >= 0.6 is 15.9 Å². The topological polar surface area (TPSA) is 46.9 Å². The van der Waals surface area contributed by atoms with Gasteiger partial charge in [0, 0.05) is 29.5 Å². The highest BCUT2D eigenvalue weighted by molar-refractivity contribution is 9.10. The number of aromatic nitrogens is 2. The lowest BCUT2D eigenvalue weighted by molar-refractivity contribution is 0.0953. The maximum absolute atomic E-state index is 12.2. The molecule has 0 saturated carbocycles. The van der Waals surface area contributed by atoms with E-state index in [1.807, 2.05) is 30.3 Å². The van der Waals surface area contributed by atoms with Crippen molar-refractivity contribution in [3.63, 3.8) is 0 Å². The van der Waals surface area contributed by atoms with Crippen molar-refractivity contribution in [2.75, 3.05) is 6.54 Å².